The van der Waals surface area contributed by atoms with Crippen molar-refractivity contribution in [3.05, 3.63) is 30.1 Å². The van der Waals surface area contributed by atoms with Crippen molar-refractivity contribution in [1.29, 1.82) is 0 Å². The van der Waals surface area contributed by atoms with Gasteiger partial charge in [-0.1, -0.05) is 31.9 Å². The average molecular weight is 256 g/mol. The van der Waals surface area contributed by atoms with E-state index in [-0.39, 0.29) is 5.82 Å². The Morgan fingerprint density at radius 2 is 1.88 bits per heavy atom. The Labute approximate surface area is 104 Å². The quantitative estimate of drug-likeness (QED) is 0.540. The van der Waals surface area contributed by atoms with Crippen molar-refractivity contribution < 1.29 is 13.2 Å². The van der Waals surface area contributed by atoms with Gasteiger partial charge in [0.05, 0.1) is 0 Å². The molecule has 0 spiro atoms. The topological polar surface area (TPSA) is 18.5 Å². The van der Waals surface area contributed by atoms with Crippen molar-refractivity contribution in [2.24, 2.45) is 0 Å². The molecule has 4 heteroatoms. The molecule has 0 atom stereocenters. The lowest BCUT2D eigenvalue weighted by molar-refractivity contribution is 0.239. The van der Waals surface area contributed by atoms with Gasteiger partial charge in [-0.15, -0.1) is 0 Å². The van der Waals surface area contributed by atoms with E-state index < -0.39 is 8.56 Å². The Morgan fingerprint density at radius 3 is 2.53 bits per heavy atom. The number of para-hydroxylation sites is 1. The smallest absolute Gasteiger partial charge is 0.392 e. The van der Waals surface area contributed by atoms with Gasteiger partial charge < -0.3 is 8.85 Å². The third kappa shape index (κ3) is 5.32. The summed E-state index contributed by atoms with van der Waals surface area (Å²) in [5.41, 5.74) is 0. The third-order valence-corrected chi connectivity index (χ3v) is 4.00. The second-order valence-corrected chi connectivity index (χ2v) is 7.78. The van der Waals surface area contributed by atoms with Crippen LogP contribution in [0.2, 0.25) is 13.1 Å². The third-order valence-electron chi connectivity index (χ3n) is 2.39. The van der Waals surface area contributed by atoms with Gasteiger partial charge in [0, 0.05) is 6.61 Å². The van der Waals surface area contributed by atoms with Crippen molar-refractivity contribution in [2.75, 3.05) is 6.61 Å². The monoisotopic (exact) mass is 256 g/mol. The molecule has 0 aliphatic rings. The average Bonchev–Trinajstić information content (AvgIpc) is 2.28. The molecule has 0 aliphatic carbocycles. The minimum absolute atomic E-state index is 0.291. The highest BCUT2D eigenvalue weighted by atomic mass is 28.4. The molecule has 0 aliphatic heterocycles. The molecule has 0 saturated heterocycles. The van der Waals surface area contributed by atoms with Crippen LogP contribution < -0.4 is 4.43 Å². The first-order chi connectivity index (χ1) is 8.05. The maximum atomic E-state index is 13.4. The van der Waals surface area contributed by atoms with E-state index in [0.717, 1.165) is 12.8 Å². The highest BCUT2D eigenvalue weighted by Gasteiger charge is 2.27. The lowest BCUT2D eigenvalue weighted by Crippen LogP contribution is -2.39. The summed E-state index contributed by atoms with van der Waals surface area (Å²) in [6.45, 7) is 6.72. The number of benzene rings is 1. The molecule has 0 saturated carbocycles. The second-order valence-electron chi connectivity index (χ2n) is 4.49. The summed E-state index contributed by atoms with van der Waals surface area (Å²) in [5.74, 6) is -0.0371. The number of rotatable bonds is 7. The molecule has 0 fully saturated rings. The summed E-state index contributed by atoms with van der Waals surface area (Å²) >= 11 is 0. The predicted octanol–water partition coefficient (Wildman–Crippen LogP) is 4.11. The molecule has 0 amide bonds. The molecule has 0 heterocycles. The van der Waals surface area contributed by atoms with Crippen LogP contribution in [-0.2, 0) is 4.43 Å². The molecule has 17 heavy (non-hydrogen) atoms. The second kappa shape index (κ2) is 6.76. The van der Waals surface area contributed by atoms with Gasteiger partial charge in [-0.25, -0.2) is 4.39 Å². The molecule has 0 N–H and O–H groups in total. The van der Waals surface area contributed by atoms with Gasteiger partial charge in [0.25, 0.3) is 0 Å². The maximum absolute atomic E-state index is 13.4. The van der Waals surface area contributed by atoms with E-state index in [0.29, 0.717) is 12.4 Å². The molecule has 0 aromatic heterocycles. The number of halogens is 1. The van der Waals surface area contributed by atoms with Crippen molar-refractivity contribution in [3.63, 3.8) is 0 Å². The zero-order valence-corrected chi connectivity index (χ0v) is 11.8. The van der Waals surface area contributed by atoms with Crippen molar-refractivity contribution in [1.82, 2.24) is 0 Å². The van der Waals surface area contributed by atoms with Crippen molar-refractivity contribution in [3.8, 4) is 5.75 Å². The normalized spacial score (nSPS) is 11.5. The summed E-state index contributed by atoms with van der Waals surface area (Å²) < 4.78 is 24.8. The van der Waals surface area contributed by atoms with Crippen molar-refractivity contribution in [2.45, 2.75) is 39.3 Å². The van der Waals surface area contributed by atoms with Crippen LogP contribution in [0.15, 0.2) is 24.3 Å². The first-order valence-electron chi connectivity index (χ1n) is 6.12. The van der Waals surface area contributed by atoms with Gasteiger partial charge in [0.15, 0.2) is 5.82 Å². The van der Waals surface area contributed by atoms with Crippen LogP contribution in [0, 0.1) is 5.82 Å². The van der Waals surface area contributed by atoms with Gasteiger partial charge in [-0.2, -0.15) is 0 Å². The number of hydrogen-bond acceptors (Lipinski definition) is 2. The van der Waals surface area contributed by atoms with Crippen LogP contribution in [-0.4, -0.2) is 15.2 Å². The van der Waals surface area contributed by atoms with Gasteiger partial charge in [0.1, 0.15) is 5.75 Å². The standard InChI is InChI=1S/C13H21FO2Si/c1-4-5-8-11-15-17(2,3)16-13-10-7-6-9-12(13)14/h6-7,9-10H,4-5,8,11H2,1-3H3. The van der Waals surface area contributed by atoms with Gasteiger partial charge in [-0.3, -0.25) is 0 Å². The largest absolute Gasteiger partial charge is 0.518 e. The van der Waals surface area contributed by atoms with E-state index in [1.807, 2.05) is 13.1 Å². The van der Waals surface area contributed by atoms with E-state index in [1.54, 1.807) is 18.2 Å². The Hall–Kier alpha value is -0.873. The minimum atomic E-state index is -2.27. The molecule has 1 aromatic carbocycles. The number of hydrogen-bond donors (Lipinski definition) is 0. The van der Waals surface area contributed by atoms with E-state index >= 15 is 0 Å². The van der Waals surface area contributed by atoms with Gasteiger partial charge in [0.2, 0.25) is 0 Å². The Balaban J connectivity index is 2.46. The fraction of sp³-hybridized carbons (Fsp3) is 0.538. The van der Waals surface area contributed by atoms with E-state index in [2.05, 4.69) is 6.92 Å². The summed E-state index contributed by atoms with van der Waals surface area (Å²) in [6, 6.07) is 6.45. The van der Waals surface area contributed by atoms with Crippen molar-refractivity contribution >= 4 is 8.56 Å². The molecule has 2 nitrogen and oxygen atoms in total. The van der Waals surface area contributed by atoms with Crippen LogP contribution in [0.3, 0.4) is 0 Å². The lowest BCUT2D eigenvalue weighted by Gasteiger charge is -2.24. The molecular formula is C13H21FO2Si. The molecule has 1 rings (SSSR count). The van der Waals surface area contributed by atoms with Gasteiger partial charge in [-0.05, 0) is 31.6 Å². The predicted molar refractivity (Wildman–Crippen MR) is 70.0 cm³/mol. The summed E-state index contributed by atoms with van der Waals surface area (Å²) in [7, 11) is -2.27. The first-order valence-corrected chi connectivity index (χ1v) is 8.94. The zero-order chi connectivity index (χ0) is 12.7. The van der Waals surface area contributed by atoms with Gasteiger partial charge >= 0.3 is 8.56 Å². The first kappa shape index (κ1) is 14.2. The highest BCUT2D eigenvalue weighted by molar-refractivity contribution is 6.65. The van der Waals surface area contributed by atoms with Crippen LogP contribution in [0.25, 0.3) is 0 Å². The molecule has 0 bridgehead atoms. The summed E-state index contributed by atoms with van der Waals surface area (Å²) in [6.07, 6.45) is 3.36. The highest BCUT2D eigenvalue weighted by Crippen LogP contribution is 2.20. The van der Waals surface area contributed by atoms with E-state index in [1.165, 1.54) is 12.5 Å². The fourth-order valence-corrected chi connectivity index (χ4v) is 2.88. The number of unbranched alkanes of at least 4 members (excludes halogenated alkanes) is 2. The zero-order valence-electron chi connectivity index (χ0n) is 10.8. The minimum Gasteiger partial charge on any atom is -0.518 e. The molecule has 0 radical (unpaired) electrons. The Bertz CT molecular complexity index is 342. The van der Waals surface area contributed by atoms with Crippen LogP contribution in [0.5, 0.6) is 5.75 Å². The summed E-state index contributed by atoms with van der Waals surface area (Å²) in [4.78, 5) is 0. The van der Waals surface area contributed by atoms with Crippen LogP contribution >= 0.6 is 0 Å². The maximum Gasteiger partial charge on any atom is 0.392 e. The molecule has 96 valence electrons. The van der Waals surface area contributed by atoms with Crippen LogP contribution in [0.1, 0.15) is 26.2 Å². The van der Waals surface area contributed by atoms with E-state index in [4.69, 9.17) is 8.85 Å². The Kier molecular flexibility index (Phi) is 5.65. The molecule has 1 aromatic rings. The molecule has 0 unspecified atom stereocenters. The fourth-order valence-electron chi connectivity index (χ4n) is 1.49. The van der Waals surface area contributed by atoms with Crippen LogP contribution in [0.4, 0.5) is 4.39 Å². The SMILES string of the molecule is CCCCCO[Si](C)(C)Oc1ccccc1F. The Morgan fingerprint density at radius 1 is 1.18 bits per heavy atom. The van der Waals surface area contributed by atoms with E-state index in [9.17, 15) is 4.39 Å². The lowest BCUT2D eigenvalue weighted by atomic mass is 10.3. The summed E-state index contributed by atoms with van der Waals surface area (Å²) in [5, 5.41) is 0. The molecular weight excluding hydrogens is 235 g/mol.